The van der Waals surface area contributed by atoms with Crippen LogP contribution in [0, 0.1) is 6.92 Å². The third kappa shape index (κ3) is 7.19. The molecule has 0 N–H and O–H groups in total. The summed E-state index contributed by atoms with van der Waals surface area (Å²) < 4.78 is 9.55. The smallest absolute Gasteiger partial charge is 0.195 e. The molecule has 2 heterocycles. The topological polar surface area (TPSA) is 48.0 Å². The van der Waals surface area contributed by atoms with E-state index >= 15 is 0 Å². The molecule has 5 nitrogen and oxygen atoms in total. The predicted octanol–water partition coefficient (Wildman–Crippen LogP) is 2.64. The molecule has 8 heteroatoms. The van der Waals surface area contributed by atoms with E-state index in [1.54, 1.807) is 13.2 Å². The Kier molecular flexibility index (Phi) is 9.71. The van der Waals surface area contributed by atoms with Gasteiger partial charge in [0, 0.05) is 21.7 Å². The largest absolute Gasteiger partial charge is 1.00 e. The Morgan fingerprint density at radius 1 is 1.09 bits per heavy atom. The first-order chi connectivity index (χ1) is 15.3. The van der Waals surface area contributed by atoms with E-state index in [4.69, 9.17) is 27.9 Å². The normalized spacial score (nSPS) is 10.2. The monoisotopic (exact) mass is 505 g/mol. The second kappa shape index (κ2) is 12.0. The first-order valence-electron chi connectivity index (χ1n) is 10.2. The zero-order valence-corrected chi connectivity index (χ0v) is 21.2. The second-order valence-electron chi connectivity index (χ2n) is 7.62. The van der Waals surface area contributed by atoms with Crippen molar-refractivity contribution in [2.24, 2.45) is 0 Å². The van der Waals surface area contributed by atoms with E-state index in [1.165, 1.54) is 19.4 Å². The third-order valence-corrected chi connectivity index (χ3v) is 5.40. The van der Waals surface area contributed by atoms with Crippen molar-refractivity contribution in [1.82, 2.24) is 9.55 Å². The fourth-order valence-electron chi connectivity index (χ4n) is 3.30. The van der Waals surface area contributed by atoms with Gasteiger partial charge >= 0.3 is 0 Å². The van der Waals surface area contributed by atoms with Gasteiger partial charge in [-0.25, -0.2) is 4.98 Å². The van der Waals surface area contributed by atoms with Gasteiger partial charge in [-0.05, 0) is 68.8 Å². The number of ether oxygens (including phenoxy) is 1. The van der Waals surface area contributed by atoms with Gasteiger partial charge in [-0.1, -0.05) is 23.2 Å². The maximum Gasteiger partial charge on any atom is 0.195 e. The minimum atomic E-state index is 0. The molecule has 4 aromatic rings. The van der Waals surface area contributed by atoms with E-state index in [1.807, 2.05) is 37.3 Å². The molecule has 0 saturated heterocycles. The average Bonchev–Trinajstić information content (AvgIpc) is 3.05. The number of aromatic nitrogens is 3. The van der Waals surface area contributed by atoms with Crippen molar-refractivity contribution < 1.29 is 26.5 Å². The summed E-state index contributed by atoms with van der Waals surface area (Å²) in [6.07, 6.45) is 4.17. The molecule has 2 aromatic heterocycles. The van der Waals surface area contributed by atoms with Gasteiger partial charge in [-0.15, -0.1) is 0 Å². The highest BCUT2D eigenvalue weighted by Crippen LogP contribution is 2.24. The van der Waals surface area contributed by atoms with Crippen molar-refractivity contribution in [2.75, 3.05) is 7.11 Å². The molecule has 0 aliphatic rings. The number of benzene rings is 2. The molecule has 0 radical (unpaired) electrons. The molecule has 33 heavy (non-hydrogen) atoms. The highest BCUT2D eigenvalue weighted by Gasteiger charge is 2.14. The van der Waals surface area contributed by atoms with Crippen molar-refractivity contribution in [3.8, 4) is 5.75 Å². The van der Waals surface area contributed by atoms with E-state index in [2.05, 4.69) is 38.6 Å². The van der Waals surface area contributed by atoms with Crippen LogP contribution in [0.5, 0.6) is 5.75 Å². The van der Waals surface area contributed by atoms with Crippen LogP contribution in [0.1, 0.15) is 30.8 Å². The van der Waals surface area contributed by atoms with Crippen LogP contribution in [0.3, 0.4) is 0 Å². The van der Waals surface area contributed by atoms with Crippen LogP contribution >= 0.6 is 23.2 Å². The fourth-order valence-corrected chi connectivity index (χ4v) is 3.68. The maximum absolute atomic E-state index is 9.44. The minimum Gasteiger partial charge on any atom is -1.00 e. The number of hydrogen-bond acceptors (Lipinski definition) is 3. The number of methoxy groups -OCH3 is 1. The quantitative estimate of drug-likeness (QED) is 0.391. The van der Waals surface area contributed by atoms with Crippen molar-refractivity contribution in [3.63, 3.8) is 0 Å². The summed E-state index contributed by atoms with van der Waals surface area (Å²) in [5, 5.41) is 1.38. The molecular weight excluding hydrogens is 481 g/mol. The van der Waals surface area contributed by atoms with Crippen LogP contribution in [-0.2, 0) is 17.9 Å². The van der Waals surface area contributed by atoms with Crippen molar-refractivity contribution in [2.45, 2.75) is 33.9 Å². The lowest BCUT2D eigenvalue weighted by molar-refractivity contribution is -0.687. The lowest BCUT2D eigenvalue weighted by atomic mass is 10.2. The number of rotatable bonds is 5. The SMILES string of the molecule is CC(C)=O.COc1ccc(C[n+]2ccc3nc(C)n(Cc4cc(Cl)ccc4Cl)c3c2)cc1.[Cl-]. The molecule has 2 aromatic carbocycles. The summed E-state index contributed by atoms with van der Waals surface area (Å²) in [4.78, 5) is 14.1. The predicted molar refractivity (Wildman–Crippen MR) is 129 cm³/mol. The Balaban J connectivity index is 0.000000714. The lowest BCUT2D eigenvalue weighted by Gasteiger charge is -2.09. The summed E-state index contributed by atoms with van der Waals surface area (Å²) in [7, 11) is 1.67. The van der Waals surface area contributed by atoms with E-state index < -0.39 is 0 Å². The molecule has 174 valence electrons. The molecule has 0 fully saturated rings. The van der Waals surface area contributed by atoms with Crippen LogP contribution in [0.4, 0.5) is 0 Å². The molecule has 0 bridgehead atoms. The highest BCUT2D eigenvalue weighted by atomic mass is 35.5. The van der Waals surface area contributed by atoms with Gasteiger partial charge in [0.05, 0.1) is 13.7 Å². The number of ketones is 1. The van der Waals surface area contributed by atoms with Crippen molar-refractivity contribution in [1.29, 1.82) is 0 Å². The Bertz CT molecular complexity index is 1230. The van der Waals surface area contributed by atoms with Gasteiger partial charge in [0.25, 0.3) is 0 Å². The summed E-state index contributed by atoms with van der Waals surface area (Å²) in [5.74, 6) is 1.96. The number of hydrogen-bond donors (Lipinski definition) is 0. The number of aryl methyl sites for hydroxylation is 1. The maximum atomic E-state index is 9.44. The molecule has 0 spiro atoms. The number of Topliss-reactive ketones (excluding diaryl/α,β-unsaturated/α-hetero) is 1. The Labute approximate surface area is 210 Å². The minimum absolute atomic E-state index is 0. The van der Waals surface area contributed by atoms with Gasteiger partial charge < -0.3 is 26.5 Å². The zero-order chi connectivity index (χ0) is 23.3. The van der Waals surface area contributed by atoms with Gasteiger partial charge in [-0.3, -0.25) is 0 Å². The van der Waals surface area contributed by atoms with Crippen molar-refractivity contribution >= 4 is 40.0 Å². The summed E-state index contributed by atoms with van der Waals surface area (Å²) in [5.41, 5.74) is 4.19. The lowest BCUT2D eigenvalue weighted by Crippen LogP contribution is -3.00. The second-order valence-corrected chi connectivity index (χ2v) is 8.47. The molecule has 0 atom stereocenters. The molecule has 0 aliphatic carbocycles. The number of carbonyl (C=O) groups is 1. The van der Waals surface area contributed by atoms with Gasteiger partial charge in [0.15, 0.2) is 18.9 Å². The molecule has 0 amide bonds. The summed E-state index contributed by atoms with van der Waals surface area (Å²) in [6.45, 7) is 6.45. The first kappa shape index (κ1) is 26.7. The molecule has 0 aliphatic heterocycles. The first-order valence-corrected chi connectivity index (χ1v) is 10.9. The van der Waals surface area contributed by atoms with E-state index in [9.17, 15) is 4.79 Å². The van der Waals surface area contributed by atoms with Gasteiger partial charge in [-0.2, -0.15) is 4.57 Å². The highest BCUT2D eigenvalue weighted by molar-refractivity contribution is 6.33. The molecule has 0 saturated carbocycles. The fraction of sp³-hybridized carbons (Fsp3) is 0.240. The third-order valence-electron chi connectivity index (χ3n) is 4.80. The Morgan fingerprint density at radius 2 is 1.76 bits per heavy atom. The summed E-state index contributed by atoms with van der Waals surface area (Å²) >= 11 is 12.5. The number of fused-ring (bicyclic) bond motifs is 1. The van der Waals surface area contributed by atoms with Crippen LogP contribution in [0.25, 0.3) is 11.0 Å². The van der Waals surface area contributed by atoms with E-state index in [0.717, 1.165) is 34.7 Å². The zero-order valence-electron chi connectivity index (χ0n) is 19.0. The Morgan fingerprint density at radius 3 is 2.39 bits per heavy atom. The van der Waals surface area contributed by atoms with E-state index in [-0.39, 0.29) is 18.2 Å². The van der Waals surface area contributed by atoms with Crippen LogP contribution in [-0.4, -0.2) is 22.4 Å². The van der Waals surface area contributed by atoms with Crippen LogP contribution < -0.4 is 21.7 Å². The van der Waals surface area contributed by atoms with Gasteiger partial charge in [0.1, 0.15) is 28.4 Å². The number of nitrogens with zero attached hydrogens (tertiary/aromatic N) is 3. The number of pyridine rings is 1. The number of carbonyl (C=O) groups excluding carboxylic acids is 1. The van der Waals surface area contributed by atoms with E-state index in [0.29, 0.717) is 16.6 Å². The summed E-state index contributed by atoms with van der Waals surface area (Å²) in [6, 6.07) is 15.7. The average molecular weight is 507 g/mol. The number of halogens is 3. The van der Waals surface area contributed by atoms with Crippen molar-refractivity contribution in [3.05, 3.63) is 87.9 Å². The standard InChI is InChI=1S/C22H20Cl2N3O.C3H6O.ClH/c1-15-25-21-9-10-26(12-16-3-6-19(28-2)7-4-16)14-22(21)27(15)13-17-11-18(23)5-8-20(17)24;1-3(2)4;/h3-11,14H,12-13H2,1-2H3;1-2H3;1H/q+1;;/p-1. The molecule has 0 unspecified atom stereocenters. The van der Waals surface area contributed by atoms with Crippen LogP contribution in [0.15, 0.2) is 60.9 Å². The van der Waals surface area contributed by atoms with Gasteiger partial charge in [0.2, 0.25) is 0 Å². The molecular formula is C25H26Cl3N3O2. The van der Waals surface area contributed by atoms with Crippen LogP contribution in [0.2, 0.25) is 10.0 Å². The Hall–Kier alpha value is -2.60. The number of imidazole rings is 1. The molecule has 4 rings (SSSR count).